The van der Waals surface area contributed by atoms with Gasteiger partial charge in [0.1, 0.15) is 0 Å². The van der Waals surface area contributed by atoms with Crippen molar-refractivity contribution in [3.05, 3.63) is 126 Å². The van der Waals surface area contributed by atoms with Gasteiger partial charge in [0.25, 0.3) is 0 Å². The van der Waals surface area contributed by atoms with Gasteiger partial charge in [-0.25, -0.2) is 15.0 Å². The summed E-state index contributed by atoms with van der Waals surface area (Å²) in [5.74, 6) is 5.49. The maximum absolute atomic E-state index is 5.38. The van der Waals surface area contributed by atoms with Crippen molar-refractivity contribution in [2.45, 2.75) is 37.5 Å². The molecular formula is C43H33N3S. The molecule has 0 atom stereocenters. The molecule has 12 rings (SSSR count). The minimum atomic E-state index is 0.107. The van der Waals surface area contributed by atoms with Gasteiger partial charge in [0.15, 0.2) is 17.5 Å². The number of benzene rings is 5. The number of nitrogens with zero attached hydrogens (tertiary/aromatic N) is 3. The molecule has 0 amide bonds. The van der Waals surface area contributed by atoms with Gasteiger partial charge >= 0.3 is 0 Å². The van der Waals surface area contributed by atoms with E-state index in [1.54, 1.807) is 5.56 Å². The highest BCUT2D eigenvalue weighted by Gasteiger charge is 2.61. The van der Waals surface area contributed by atoms with Crippen LogP contribution in [0, 0.1) is 23.7 Å². The second-order valence-electron chi connectivity index (χ2n) is 14.4. The van der Waals surface area contributed by atoms with Crippen LogP contribution in [-0.4, -0.2) is 15.0 Å². The first-order valence-electron chi connectivity index (χ1n) is 17.2. The molecule has 226 valence electrons. The molecule has 0 aliphatic heterocycles. The van der Waals surface area contributed by atoms with Crippen LogP contribution in [0.15, 0.2) is 115 Å². The predicted octanol–water partition coefficient (Wildman–Crippen LogP) is 11.0. The van der Waals surface area contributed by atoms with Crippen molar-refractivity contribution in [2.24, 2.45) is 23.7 Å². The van der Waals surface area contributed by atoms with E-state index in [9.17, 15) is 0 Å². The van der Waals surface area contributed by atoms with Crippen LogP contribution < -0.4 is 0 Å². The van der Waals surface area contributed by atoms with E-state index in [4.69, 9.17) is 15.0 Å². The van der Waals surface area contributed by atoms with Gasteiger partial charge < -0.3 is 0 Å². The number of thiophene rings is 1. The third-order valence-corrected chi connectivity index (χ3v) is 13.4. The quantitative estimate of drug-likeness (QED) is 0.197. The van der Waals surface area contributed by atoms with Crippen LogP contribution in [0.2, 0.25) is 0 Å². The normalized spacial score (nSPS) is 25.1. The molecule has 0 unspecified atom stereocenters. The van der Waals surface area contributed by atoms with Gasteiger partial charge in [0.2, 0.25) is 0 Å². The molecule has 4 heteroatoms. The summed E-state index contributed by atoms with van der Waals surface area (Å²) in [6.07, 6.45) is 6.95. The summed E-state index contributed by atoms with van der Waals surface area (Å²) in [6, 6.07) is 42.0. The highest BCUT2D eigenvalue weighted by molar-refractivity contribution is 7.26. The minimum Gasteiger partial charge on any atom is -0.208 e. The minimum absolute atomic E-state index is 0.107. The Labute approximate surface area is 278 Å². The van der Waals surface area contributed by atoms with Crippen molar-refractivity contribution in [2.75, 3.05) is 0 Å². The van der Waals surface area contributed by atoms with Crippen LogP contribution in [0.5, 0.6) is 0 Å². The smallest absolute Gasteiger partial charge is 0.165 e. The SMILES string of the molecule is c1ccc(-c2nc(-c3cccc4c3-c3ccccc3C43C4CC5CC(C4)CC3C5)nc(-c3cccc4c3sc3ccccc34)n2)cc1. The molecule has 47 heavy (non-hydrogen) atoms. The van der Waals surface area contributed by atoms with Crippen LogP contribution in [0.1, 0.15) is 43.2 Å². The van der Waals surface area contributed by atoms with E-state index in [0.717, 1.165) is 57.8 Å². The molecule has 4 bridgehead atoms. The fourth-order valence-electron chi connectivity index (χ4n) is 10.6. The van der Waals surface area contributed by atoms with E-state index in [0.29, 0.717) is 0 Å². The van der Waals surface area contributed by atoms with Crippen LogP contribution in [0.3, 0.4) is 0 Å². The summed E-state index contributed by atoms with van der Waals surface area (Å²) in [4.78, 5) is 15.8. The molecule has 5 aliphatic carbocycles. The van der Waals surface area contributed by atoms with Gasteiger partial charge in [-0.2, -0.15) is 0 Å². The monoisotopic (exact) mass is 623 g/mol. The van der Waals surface area contributed by atoms with Gasteiger partial charge in [-0.05, 0) is 90.2 Å². The largest absolute Gasteiger partial charge is 0.208 e. The first kappa shape index (κ1) is 26.4. The molecule has 2 heterocycles. The first-order valence-corrected chi connectivity index (χ1v) is 18.0. The van der Waals surface area contributed by atoms with E-state index in [1.165, 1.54) is 69.0 Å². The summed E-state index contributed by atoms with van der Waals surface area (Å²) in [7, 11) is 0. The van der Waals surface area contributed by atoms with Crippen LogP contribution >= 0.6 is 11.3 Å². The molecule has 0 radical (unpaired) electrons. The second-order valence-corrected chi connectivity index (χ2v) is 15.5. The predicted molar refractivity (Wildman–Crippen MR) is 192 cm³/mol. The first-order chi connectivity index (χ1) is 23.3. The number of fused-ring (bicyclic) bond motifs is 6. The van der Waals surface area contributed by atoms with E-state index in [-0.39, 0.29) is 5.41 Å². The zero-order valence-corrected chi connectivity index (χ0v) is 26.9. The highest BCUT2D eigenvalue weighted by Crippen LogP contribution is 2.70. The maximum Gasteiger partial charge on any atom is 0.165 e. The zero-order valence-electron chi connectivity index (χ0n) is 26.1. The van der Waals surface area contributed by atoms with Crippen molar-refractivity contribution in [3.8, 4) is 45.3 Å². The summed E-state index contributed by atoms with van der Waals surface area (Å²) in [5.41, 5.74) is 9.14. The lowest BCUT2D eigenvalue weighted by molar-refractivity contribution is -0.0399. The Kier molecular flexibility index (Phi) is 5.44. The molecule has 4 fully saturated rings. The Morgan fingerprint density at radius 1 is 0.489 bits per heavy atom. The molecule has 2 aromatic heterocycles. The molecule has 7 aromatic rings. The Morgan fingerprint density at radius 3 is 1.91 bits per heavy atom. The number of hydrogen-bond donors (Lipinski definition) is 0. The van der Waals surface area contributed by atoms with Crippen molar-refractivity contribution < 1.29 is 0 Å². The summed E-state index contributed by atoms with van der Waals surface area (Å²) in [5, 5.41) is 2.54. The van der Waals surface area contributed by atoms with Crippen LogP contribution in [0.4, 0.5) is 0 Å². The number of hydrogen-bond acceptors (Lipinski definition) is 4. The lowest BCUT2D eigenvalue weighted by Gasteiger charge is -2.61. The Bertz CT molecular complexity index is 2360. The topological polar surface area (TPSA) is 38.7 Å². The molecule has 3 nitrogen and oxygen atoms in total. The Balaban J connectivity index is 1.17. The van der Waals surface area contributed by atoms with E-state index >= 15 is 0 Å². The van der Waals surface area contributed by atoms with Gasteiger partial charge in [0.05, 0.1) is 0 Å². The summed E-state index contributed by atoms with van der Waals surface area (Å²) < 4.78 is 2.51. The zero-order chi connectivity index (χ0) is 30.7. The molecule has 5 aromatic carbocycles. The number of aromatic nitrogens is 3. The van der Waals surface area contributed by atoms with Gasteiger partial charge in [-0.15, -0.1) is 11.3 Å². The van der Waals surface area contributed by atoms with E-state index < -0.39 is 0 Å². The molecule has 0 saturated heterocycles. The fourth-order valence-corrected chi connectivity index (χ4v) is 11.9. The van der Waals surface area contributed by atoms with Crippen molar-refractivity contribution in [3.63, 3.8) is 0 Å². The Morgan fingerprint density at radius 2 is 1.09 bits per heavy atom. The van der Waals surface area contributed by atoms with Crippen LogP contribution in [0.25, 0.3) is 65.5 Å². The Hall–Kier alpha value is -4.67. The standard InChI is InChI=1S/C43H33N3S/c1-2-10-27(11-3-1)40-44-41(46-42(45-40)34-16-8-14-31-30-12-5-7-19-37(30)47-39(31)34)33-15-9-18-36-38(33)32-13-4-6-17-35(32)43(36)28-21-25-20-26(23-28)24-29(43)22-25/h1-19,25-26,28-29H,20-24H2. The summed E-state index contributed by atoms with van der Waals surface area (Å²) in [6.45, 7) is 0. The third kappa shape index (κ3) is 3.60. The fraction of sp³-hybridized carbons (Fsp3) is 0.233. The molecule has 5 aliphatic rings. The van der Waals surface area contributed by atoms with Gasteiger partial charge in [-0.3, -0.25) is 0 Å². The molecule has 1 spiro atoms. The van der Waals surface area contributed by atoms with Crippen molar-refractivity contribution in [1.29, 1.82) is 0 Å². The van der Waals surface area contributed by atoms with Crippen molar-refractivity contribution >= 4 is 31.5 Å². The van der Waals surface area contributed by atoms with Crippen LogP contribution in [-0.2, 0) is 5.41 Å². The van der Waals surface area contributed by atoms with E-state index in [2.05, 4.69) is 115 Å². The molecule has 4 saturated carbocycles. The number of rotatable bonds is 3. The average molecular weight is 624 g/mol. The van der Waals surface area contributed by atoms with Gasteiger partial charge in [-0.1, -0.05) is 103 Å². The second kappa shape index (κ2) is 9.68. The lowest BCUT2D eigenvalue weighted by Crippen LogP contribution is -2.55. The highest BCUT2D eigenvalue weighted by atomic mass is 32.1. The van der Waals surface area contributed by atoms with E-state index in [1.807, 2.05) is 11.3 Å². The van der Waals surface area contributed by atoms with Crippen molar-refractivity contribution in [1.82, 2.24) is 15.0 Å². The molecule has 0 N–H and O–H groups in total. The third-order valence-electron chi connectivity index (χ3n) is 12.1. The molecular weight excluding hydrogens is 591 g/mol. The maximum atomic E-state index is 5.38. The lowest BCUT2D eigenvalue weighted by atomic mass is 9.43. The summed E-state index contributed by atoms with van der Waals surface area (Å²) >= 11 is 1.82. The van der Waals surface area contributed by atoms with Gasteiger partial charge in [0, 0.05) is 42.3 Å². The average Bonchev–Trinajstić information content (AvgIpc) is 3.65.